The number of aryl methyl sites for hydroxylation is 2. The van der Waals surface area contributed by atoms with Gasteiger partial charge in [-0.15, -0.1) is 0 Å². The van der Waals surface area contributed by atoms with E-state index in [0.717, 1.165) is 32.3 Å². The molecule has 0 saturated heterocycles. The summed E-state index contributed by atoms with van der Waals surface area (Å²) in [5, 5.41) is 18.9. The van der Waals surface area contributed by atoms with Crippen molar-refractivity contribution in [1.82, 2.24) is 15.1 Å². The van der Waals surface area contributed by atoms with Crippen molar-refractivity contribution in [3.8, 4) is 17.0 Å². The number of aromatic hydroxyl groups is 1. The van der Waals surface area contributed by atoms with Crippen LogP contribution in [0.25, 0.3) is 11.3 Å². The highest BCUT2D eigenvalue weighted by atomic mass is 79.9. The molecule has 4 aromatic rings. The number of carbonyl (C=O) groups is 1. The number of hydrogen-bond acceptors (Lipinski definition) is 3. The summed E-state index contributed by atoms with van der Waals surface area (Å²) < 4.78 is 0.952. The van der Waals surface area contributed by atoms with Gasteiger partial charge in [0.1, 0.15) is 17.1 Å². The largest absolute Gasteiger partial charge is 0.507 e. The van der Waals surface area contributed by atoms with Gasteiger partial charge in [-0.2, -0.15) is 5.10 Å². The minimum Gasteiger partial charge on any atom is -0.507 e. The highest BCUT2D eigenvalue weighted by Crippen LogP contribution is 2.46. The number of benzene rings is 3. The van der Waals surface area contributed by atoms with Gasteiger partial charge in [0.2, 0.25) is 0 Å². The summed E-state index contributed by atoms with van der Waals surface area (Å²) in [5.74, 6) is 0.0157. The van der Waals surface area contributed by atoms with E-state index in [9.17, 15) is 9.90 Å². The molecule has 1 aliphatic heterocycles. The summed E-state index contributed by atoms with van der Waals surface area (Å²) in [4.78, 5) is 15.4. The molecule has 1 aromatic heterocycles. The fraction of sp³-hybridized carbons (Fsp3) is 0.154. The van der Waals surface area contributed by atoms with E-state index in [1.165, 1.54) is 0 Å². The van der Waals surface area contributed by atoms with Crippen LogP contribution in [0.3, 0.4) is 0 Å². The quantitative estimate of drug-likeness (QED) is 0.319. The van der Waals surface area contributed by atoms with Gasteiger partial charge in [0.05, 0.1) is 6.04 Å². The van der Waals surface area contributed by atoms with Crippen LogP contribution in [0.5, 0.6) is 5.75 Å². The number of rotatable bonds is 4. The third kappa shape index (κ3) is 3.73. The van der Waals surface area contributed by atoms with Gasteiger partial charge >= 0.3 is 0 Å². The van der Waals surface area contributed by atoms with E-state index in [1.807, 2.05) is 74.5 Å². The summed E-state index contributed by atoms with van der Waals surface area (Å²) in [7, 11) is 0. The molecular weight excluding hydrogens is 502 g/mol. The molecule has 0 aliphatic carbocycles. The standard InChI is InChI=1S/C26H21BrClN3O2/c1-14-11-15(2)25(32)19(12-14)22-21-23(30-29-22)26(33)31(13-17-5-3-4-6-20(17)28)24(21)16-7-9-18(27)10-8-16/h3-12,24,32H,13H2,1-2H3,(H,29,30). The Balaban J connectivity index is 1.70. The number of nitrogens with zero attached hydrogens (tertiary/aromatic N) is 2. The van der Waals surface area contributed by atoms with Crippen LogP contribution in [0.2, 0.25) is 5.02 Å². The Bertz CT molecular complexity index is 1380. The Morgan fingerprint density at radius 1 is 1.12 bits per heavy atom. The zero-order valence-corrected chi connectivity index (χ0v) is 20.4. The number of phenols is 1. The predicted molar refractivity (Wildman–Crippen MR) is 132 cm³/mol. The Morgan fingerprint density at radius 2 is 1.85 bits per heavy atom. The SMILES string of the molecule is Cc1cc(C)c(O)c(-c2n[nH]c3c2C(c2ccc(Br)cc2)N(Cc2ccccc2Cl)C3=O)c1. The lowest BCUT2D eigenvalue weighted by Crippen LogP contribution is -2.29. The lowest BCUT2D eigenvalue weighted by molar-refractivity contribution is 0.0730. The van der Waals surface area contributed by atoms with Crippen LogP contribution < -0.4 is 0 Å². The van der Waals surface area contributed by atoms with E-state index < -0.39 is 0 Å². The Kier molecular flexibility index (Phi) is 5.51. The van der Waals surface area contributed by atoms with Crippen molar-refractivity contribution < 1.29 is 9.90 Å². The third-order valence-electron chi connectivity index (χ3n) is 6.05. The Hall–Kier alpha value is -3.09. The average Bonchev–Trinajstić information content (AvgIpc) is 3.32. The van der Waals surface area contributed by atoms with Crippen LogP contribution in [0.1, 0.15) is 44.3 Å². The Labute approximate surface area is 205 Å². The Morgan fingerprint density at radius 3 is 2.58 bits per heavy atom. The highest BCUT2D eigenvalue weighted by Gasteiger charge is 2.42. The van der Waals surface area contributed by atoms with Crippen LogP contribution in [-0.2, 0) is 6.54 Å². The number of carbonyl (C=O) groups excluding carboxylic acids is 1. The summed E-state index contributed by atoms with van der Waals surface area (Å²) in [6.07, 6.45) is 0. The molecule has 7 heteroatoms. The van der Waals surface area contributed by atoms with Crippen LogP contribution in [0, 0.1) is 13.8 Å². The van der Waals surface area contributed by atoms with E-state index >= 15 is 0 Å². The molecule has 0 spiro atoms. The number of phenolic OH excluding ortho intramolecular Hbond substituents is 1. The van der Waals surface area contributed by atoms with Crippen LogP contribution in [-0.4, -0.2) is 26.1 Å². The molecule has 5 nitrogen and oxygen atoms in total. The van der Waals surface area contributed by atoms with E-state index in [4.69, 9.17) is 11.6 Å². The number of aromatic nitrogens is 2. The fourth-order valence-electron chi connectivity index (χ4n) is 4.51. The van der Waals surface area contributed by atoms with Crippen molar-refractivity contribution in [2.75, 3.05) is 0 Å². The second kappa shape index (κ2) is 8.36. The maximum absolute atomic E-state index is 13.6. The van der Waals surface area contributed by atoms with E-state index in [1.54, 1.807) is 4.90 Å². The first-order valence-corrected chi connectivity index (χ1v) is 11.7. The maximum Gasteiger partial charge on any atom is 0.273 e. The number of halogens is 2. The monoisotopic (exact) mass is 521 g/mol. The number of nitrogens with one attached hydrogen (secondary N) is 1. The molecule has 3 aromatic carbocycles. The first-order chi connectivity index (χ1) is 15.8. The first kappa shape index (κ1) is 21.7. The number of amides is 1. The number of fused-ring (bicyclic) bond motifs is 1. The van der Waals surface area contributed by atoms with Crippen molar-refractivity contribution in [3.05, 3.63) is 104 Å². The van der Waals surface area contributed by atoms with Crippen molar-refractivity contribution in [1.29, 1.82) is 0 Å². The molecule has 0 fully saturated rings. The molecule has 1 aliphatic rings. The molecule has 166 valence electrons. The van der Waals surface area contributed by atoms with Gasteiger partial charge in [0, 0.05) is 27.2 Å². The van der Waals surface area contributed by atoms with E-state index in [2.05, 4.69) is 26.1 Å². The van der Waals surface area contributed by atoms with Crippen molar-refractivity contribution in [3.63, 3.8) is 0 Å². The van der Waals surface area contributed by atoms with Crippen molar-refractivity contribution >= 4 is 33.4 Å². The smallest absolute Gasteiger partial charge is 0.273 e. The molecule has 2 heterocycles. The average molecular weight is 523 g/mol. The fourth-order valence-corrected chi connectivity index (χ4v) is 4.97. The molecule has 2 N–H and O–H groups in total. The molecular formula is C26H21BrClN3O2. The van der Waals surface area contributed by atoms with Crippen molar-refractivity contribution in [2.24, 2.45) is 0 Å². The molecule has 1 atom stereocenters. The van der Waals surface area contributed by atoms with Gasteiger partial charge in [0.15, 0.2) is 0 Å². The zero-order chi connectivity index (χ0) is 23.3. The van der Waals surface area contributed by atoms with Gasteiger partial charge in [-0.3, -0.25) is 9.89 Å². The van der Waals surface area contributed by atoms with Gasteiger partial charge in [-0.05, 0) is 60.4 Å². The molecule has 1 unspecified atom stereocenters. The maximum atomic E-state index is 13.6. The number of H-pyrrole nitrogens is 1. The van der Waals surface area contributed by atoms with Gasteiger partial charge in [-0.1, -0.05) is 63.9 Å². The lowest BCUT2D eigenvalue weighted by atomic mass is 9.94. The van der Waals surface area contributed by atoms with Crippen LogP contribution in [0.4, 0.5) is 0 Å². The molecule has 0 saturated carbocycles. The van der Waals surface area contributed by atoms with Gasteiger partial charge < -0.3 is 10.0 Å². The highest BCUT2D eigenvalue weighted by molar-refractivity contribution is 9.10. The van der Waals surface area contributed by atoms with Crippen LogP contribution in [0.15, 0.2) is 65.1 Å². The summed E-state index contributed by atoms with van der Waals surface area (Å²) >= 11 is 9.93. The second-order valence-corrected chi connectivity index (χ2v) is 9.64. The minimum absolute atomic E-state index is 0.152. The molecule has 33 heavy (non-hydrogen) atoms. The minimum atomic E-state index is -0.383. The van der Waals surface area contributed by atoms with E-state index in [-0.39, 0.29) is 17.7 Å². The summed E-state index contributed by atoms with van der Waals surface area (Å²) in [6.45, 7) is 4.18. The molecule has 5 rings (SSSR count). The van der Waals surface area contributed by atoms with E-state index in [0.29, 0.717) is 28.5 Å². The predicted octanol–water partition coefficient (Wildman–Crippen LogP) is 6.56. The van der Waals surface area contributed by atoms with Crippen LogP contribution >= 0.6 is 27.5 Å². The topological polar surface area (TPSA) is 69.2 Å². The summed E-state index contributed by atoms with van der Waals surface area (Å²) in [5.41, 5.74) is 5.97. The second-order valence-electron chi connectivity index (χ2n) is 8.32. The normalized spacial score (nSPS) is 15.2. The van der Waals surface area contributed by atoms with Crippen molar-refractivity contribution in [2.45, 2.75) is 26.4 Å². The third-order valence-corrected chi connectivity index (χ3v) is 6.95. The number of aromatic amines is 1. The molecule has 0 bridgehead atoms. The lowest BCUT2D eigenvalue weighted by Gasteiger charge is -2.27. The van der Waals surface area contributed by atoms with Gasteiger partial charge in [0.25, 0.3) is 5.91 Å². The summed E-state index contributed by atoms with van der Waals surface area (Å²) in [6, 6.07) is 18.9. The molecule has 1 amide bonds. The van der Waals surface area contributed by atoms with Gasteiger partial charge in [-0.25, -0.2) is 0 Å². The molecule has 0 radical (unpaired) electrons. The first-order valence-electron chi connectivity index (χ1n) is 10.5. The zero-order valence-electron chi connectivity index (χ0n) is 18.1. The number of hydrogen-bond donors (Lipinski definition) is 2.